The van der Waals surface area contributed by atoms with Crippen molar-refractivity contribution in [2.45, 2.75) is 35.7 Å². The maximum absolute atomic E-state index is 13.7. The average molecular weight is 592 g/mol. The summed E-state index contributed by atoms with van der Waals surface area (Å²) in [6.45, 7) is 1.78. The Balaban J connectivity index is 1.73. The normalized spacial score (nSPS) is 16.7. The number of imide groups is 1. The number of hydrogen-bond acceptors (Lipinski definition) is 6. The smallest absolute Gasteiger partial charge is 0.252 e. The number of hydrogen-bond donors (Lipinski definition) is 1. The average Bonchev–Trinajstić information content (AvgIpc) is 3.11. The van der Waals surface area contributed by atoms with Gasteiger partial charge in [0, 0.05) is 11.0 Å². The molecule has 0 saturated carbocycles. The van der Waals surface area contributed by atoms with E-state index in [0.29, 0.717) is 10.0 Å². The summed E-state index contributed by atoms with van der Waals surface area (Å²) in [6, 6.07) is 16.9. The van der Waals surface area contributed by atoms with Gasteiger partial charge in [0.1, 0.15) is 6.04 Å². The summed E-state index contributed by atoms with van der Waals surface area (Å²) in [4.78, 5) is 27.1. The third kappa shape index (κ3) is 5.27. The maximum Gasteiger partial charge on any atom is 0.252 e. The Labute approximate surface area is 217 Å². The molecule has 0 bridgehead atoms. The van der Waals surface area contributed by atoms with Crippen LogP contribution in [0.5, 0.6) is 0 Å². The van der Waals surface area contributed by atoms with E-state index in [0.717, 1.165) is 14.8 Å². The first-order chi connectivity index (χ1) is 16.9. The number of rotatable bonds is 7. The zero-order valence-electron chi connectivity index (χ0n) is 19.0. The van der Waals surface area contributed by atoms with E-state index in [2.05, 4.69) is 15.9 Å². The predicted octanol–water partition coefficient (Wildman–Crippen LogP) is 2.93. The van der Waals surface area contributed by atoms with Crippen LogP contribution in [0.15, 0.2) is 87.1 Å². The summed E-state index contributed by atoms with van der Waals surface area (Å²) < 4.78 is 52.2. The SMILES string of the molecule is Cc1ccc(CN(C2CC(=O)N(c3ccc(S(N)(=O)=O)cc3)C2=O)S(=O)(=O)c2ccc(Br)cc2)cc1. The molecular weight excluding hydrogens is 570 g/mol. The molecule has 1 fully saturated rings. The lowest BCUT2D eigenvalue weighted by Crippen LogP contribution is -2.45. The van der Waals surface area contributed by atoms with Crippen LogP contribution in [0.4, 0.5) is 5.69 Å². The molecule has 0 radical (unpaired) electrons. The van der Waals surface area contributed by atoms with Crippen LogP contribution in [0.1, 0.15) is 17.5 Å². The predicted molar refractivity (Wildman–Crippen MR) is 137 cm³/mol. The van der Waals surface area contributed by atoms with Crippen LogP contribution in [0.2, 0.25) is 0 Å². The lowest BCUT2D eigenvalue weighted by Gasteiger charge is -2.27. The number of sulfonamides is 2. The molecule has 9 nitrogen and oxygen atoms in total. The zero-order valence-corrected chi connectivity index (χ0v) is 22.3. The molecular formula is C24H22BrN3O6S2. The second-order valence-electron chi connectivity index (χ2n) is 8.32. The summed E-state index contributed by atoms with van der Waals surface area (Å²) >= 11 is 3.29. The fraction of sp³-hybridized carbons (Fsp3) is 0.167. The largest absolute Gasteiger partial charge is 0.274 e. The number of carbonyl (C=O) groups is 2. The Morgan fingerprint density at radius 1 is 0.889 bits per heavy atom. The first kappa shape index (κ1) is 26.2. The van der Waals surface area contributed by atoms with Gasteiger partial charge in [0.15, 0.2) is 0 Å². The van der Waals surface area contributed by atoms with Crippen molar-refractivity contribution in [3.63, 3.8) is 0 Å². The Kier molecular flexibility index (Phi) is 7.17. The number of nitrogens with two attached hydrogens (primary N) is 1. The Morgan fingerprint density at radius 2 is 1.44 bits per heavy atom. The van der Waals surface area contributed by atoms with Crippen LogP contribution >= 0.6 is 15.9 Å². The molecule has 2 N–H and O–H groups in total. The molecule has 0 aliphatic carbocycles. The van der Waals surface area contributed by atoms with Crippen molar-refractivity contribution in [1.29, 1.82) is 0 Å². The molecule has 2 amide bonds. The minimum Gasteiger partial charge on any atom is -0.274 e. The Bertz CT molecular complexity index is 1520. The molecule has 0 spiro atoms. The van der Waals surface area contributed by atoms with Gasteiger partial charge in [0.05, 0.1) is 21.9 Å². The number of halogens is 1. The maximum atomic E-state index is 13.7. The summed E-state index contributed by atoms with van der Waals surface area (Å²) in [5, 5.41) is 5.12. The van der Waals surface area contributed by atoms with Gasteiger partial charge in [-0.1, -0.05) is 45.8 Å². The highest BCUT2D eigenvalue weighted by molar-refractivity contribution is 9.10. The fourth-order valence-corrected chi connectivity index (χ4v) is 6.22. The van der Waals surface area contributed by atoms with Crippen molar-refractivity contribution in [3.8, 4) is 0 Å². The first-order valence-electron chi connectivity index (χ1n) is 10.7. The topological polar surface area (TPSA) is 135 Å². The number of anilines is 1. The van der Waals surface area contributed by atoms with E-state index in [-0.39, 0.29) is 28.4 Å². The molecule has 0 aromatic heterocycles. The number of benzene rings is 3. The van der Waals surface area contributed by atoms with E-state index in [4.69, 9.17) is 5.14 Å². The van der Waals surface area contributed by atoms with Gasteiger partial charge in [-0.2, -0.15) is 4.31 Å². The van der Waals surface area contributed by atoms with Gasteiger partial charge in [0.2, 0.25) is 26.0 Å². The molecule has 1 aliphatic rings. The monoisotopic (exact) mass is 591 g/mol. The van der Waals surface area contributed by atoms with Crippen molar-refractivity contribution >= 4 is 53.5 Å². The highest BCUT2D eigenvalue weighted by Crippen LogP contribution is 2.31. The van der Waals surface area contributed by atoms with Gasteiger partial charge in [-0.25, -0.2) is 26.9 Å². The van der Waals surface area contributed by atoms with E-state index >= 15 is 0 Å². The summed E-state index contributed by atoms with van der Waals surface area (Å²) in [6.07, 6.45) is -0.364. The lowest BCUT2D eigenvalue weighted by atomic mass is 10.1. The van der Waals surface area contributed by atoms with Crippen LogP contribution in [-0.2, 0) is 36.2 Å². The molecule has 1 aliphatic heterocycles. The minimum atomic E-state index is -4.18. The molecule has 188 valence electrons. The van der Waals surface area contributed by atoms with Gasteiger partial charge >= 0.3 is 0 Å². The van der Waals surface area contributed by atoms with Gasteiger partial charge in [0.25, 0.3) is 5.91 Å². The minimum absolute atomic E-state index is 0.0194. The number of primary sulfonamides is 1. The van der Waals surface area contributed by atoms with Gasteiger partial charge in [-0.3, -0.25) is 9.59 Å². The number of amides is 2. The highest BCUT2D eigenvalue weighted by Gasteiger charge is 2.47. The van der Waals surface area contributed by atoms with Gasteiger partial charge in [-0.05, 0) is 61.0 Å². The van der Waals surface area contributed by atoms with Crippen molar-refractivity contribution in [1.82, 2.24) is 4.31 Å². The molecule has 1 atom stereocenters. The van der Waals surface area contributed by atoms with Gasteiger partial charge < -0.3 is 0 Å². The molecule has 3 aromatic carbocycles. The molecule has 1 unspecified atom stereocenters. The van der Waals surface area contributed by atoms with E-state index in [1.54, 1.807) is 24.3 Å². The number of aryl methyl sites for hydroxylation is 1. The van der Waals surface area contributed by atoms with Crippen LogP contribution in [-0.4, -0.2) is 39.0 Å². The van der Waals surface area contributed by atoms with Crippen molar-refractivity contribution in [2.24, 2.45) is 5.14 Å². The van der Waals surface area contributed by atoms with Crippen LogP contribution in [0, 0.1) is 6.92 Å². The van der Waals surface area contributed by atoms with Crippen molar-refractivity contribution < 1.29 is 26.4 Å². The number of carbonyl (C=O) groups excluding carboxylic acids is 2. The number of nitrogens with zero attached hydrogens (tertiary/aromatic N) is 2. The Morgan fingerprint density at radius 3 is 2.00 bits per heavy atom. The molecule has 12 heteroatoms. The lowest BCUT2D eigenvalue weighted by molar-refractivity contribution is -0.122. The highest BCUT2D eigenvalue weighted by atomic mass is 79.9. The van der Waals surface area contributed by atoms with E-state index in [9.17, 15) is 26.4 Å². The summed E-state index contributed by atoms with van der Waals surface area (Å²) in [5.41, 5.74) is 1.76. The summed E-state index contributed by atoms with van der Waals surface area (Å²) in [7, 11) is -8.15. The quantitative estimate of drug-likeness (QED) is 0.420. The standard InChI is InChI=1S/C24H22BrN3O6S2/c1-16-2-4-17(5-3-16)15-27(36(33,34)21-10-6-18(25)7-11-21)22-14-23(29)28(24(22)30)19-8-12-20(13-9-19)35(26,31)32/h2-13,22H,14-15H2,1H3,(H2,26,31,32). The van der Waals surface area contributed by atoms with E-state index in [1.165, 1.54) is 36.4 Å². The molecule has 3 aromatic rings. The molecule has 1 heterocycles. The first-order valence-corrected chi connectivity index (χ1v) is 14.5. The van der Waals surface area contributed by atoms with Crippen molar-refractivity contribution in [3.05, 3.63) is 88.4 Å². The van der Waals surface area contributed by atoms with Crippen LogP contribution in [0.3, 0.4) is 0 Å². The third-order valence-electron chi connectivity index (χ3n) is 5.77. The zero-order chi connectivity index (χ0) is 26.3. The van der Waals surface area contributed by atoms with Gasteiger partial charge in [-0.15, -0.1) is 0 Å². The molecule has 1 saturated heterocycles. The Hall–Kier alpha value is -2.90. The van der Waals surface area contributed by atoms with E-state index < -0.39 is 37.9 Å². The molecule has 36 heavy (non-hydrogen) atoms. The van der Waals surface area contributed by atoms with Crippen LogP contribution < -0.4 is 10.0 Å². The summed E-state index contributed by atoms with van der Waals surface area (Å²) in [5.74, 6) is -1.33. The fourth-order valence-electron chi connectivity index (χ4n) is 3.88. The second kappa shape index (κ2) is 9.87. The van der Waals surface area contributed by atoms with Crippen molar-refractivity contribution in [2.75, 3.05) is 4.90 Å². The third-order valence-corrected chi connectivity index (χ3v) is 9.10. The molecule has 4 rings (SSSR count). The van der Waals surface area contributed by atoms with E-state index in [1.807, 2.05) is 19.1 Å². The second-order valence-corrected chi connectivity index (χ2v) is 12.7. The van der Waals surface area contributed by atoms with Crippen LogP contribution in [0.25, 0.3) is 0 Å².